The first-order valence-electron chi connectivity index (χ1n) is 5.32. The summed E-state index contributed by atoms with van der Waals surface area (Å²) in [5.41, 5.74) is 5.67. The number of halogens is 3. The molecular formula is C12H9BrClFN2O2S. The molecule has 0 fully saturated rings. The number of sulfonamides is 1. The largest absolute Gasteiger partial charge is 0.397 e. The Morgan fingerprint density at radius 2 is 1.90 bits per heavy atom. The van der Waals surface area contributed by atoms with Crippen molar-refractivity contribution in [3.63, 3.8) is 0 Å². The van der Waals surface area contributed by atoms with Crippen molar-refractivity contribution in [2.45, 2.75) is 4.90 Å². The molecule has 0 amide bonds. The second kappa shape index (κ2) is 5.59. The molecule has 0 aliphatic heterocycles. The van der Waals surface area contributed by atoms with Gasteiger partial charge in [-0.25, -0.2) is 12.8 Å². The molecule has 0 aliphatic rings. The molecule has 20 heavy (non-hydrogen) atoms. The third-order valence-electron chi connectivity index (χ3n) is 2.46. The van der Waals surface area contributed by atoms with Gasteiger partial charge < -0.3 is 5.73 Å². The van der Waals surface area contributed by atoms with Crippen molar-refractivity contribution in [2.75, 3.05) is 10.5 Å². The molecule has 0 saturated carbocycles. The summed E-state index contributed by atoms with van der Waals surface area (Å²) in [5, 5.41) is 0.394. The Balaban J connectivity index is 2.38. The van der Waals surface area contributed by atoms with E-state index in [1.165, 1.54) is 24.3 Å². The summed E-state index contributed by atoms with van der Waals surface area (Å²) < 4.78 is 40.0. The van der Waals surface area contributed by atoms with Crippen LogP contribution in [0.15, 0.2) is 45.8 Å². The molecule has 0 radical (unpaired) electrons. The summed E-state index contributed by atoms with van der Waals surface area (Å²) >= 11 is 8.96. The molecule has 4 nitrogen and oxygen atoms in total. The lowest BCUT2D eigenvalue weighted by Gasteiger charge is -2.11. The molecular weight excluding hydrogens is 371 g/mol. The molecule has 2 aromatic carbocycles. The smallest absolute Gasteiger partial charge is 0.262 e. The van der Waals surface area contributed by atoms with Crippen molar-refractivity contribution in [1.82, 2.24) is 0 Å². The molecule has 0 saturated heterocycles. The number of anilines is 2. The molecule has 0 aliphatic carbocycles. The molecule has 0 unspecified atom stereocenters. The Kier molecular flexibility index (Phi) is 4.22. The summed E-state index contributed by atoms with van der Waals surface area (Å²) in [6.45, 7) is 0. The van der Waals surface area contributed by atoms with Crippen molar-refractivity contribution in [2.24, 2.45) is 0 Å². The van der Waals surface area contributed by atoms with Gasteiger partial charge in [0.05, 0.1) is 21.3 Å². The zero-order chi connectivity index (χ0) is 14.9. The predicted octanol–water partition coefficient (Wildman–Crippen LogP) is 3.62. The van der Waals surface area contributed by atoms with Crippen LogP contribution in [-0.2, 0) is 10.0 Å². The molecule has 8 heteroatoms. The average molecular weight is 380 g/mol. The minimum absolute atomic E-state index is 0.00149. The third kappa shape index (κ3) is 3.23. The molecule has 106 valence electrons. The van der Waals surface area contributed by atoms with Crippen LogP contribution >= 0.6 is 27.5 Å². The highest BCUT2D eigenvalue weighted by atomic mass is 79.9. The lowest BCUT2D eigenvalue weighted by Crippen LogP contribution is -2.14. The Bertz CT molecular complexity index is 768. The SMILES string of the molecule is Nc1cc(F)ccc1NS(=O)(=O)c1ccc(Cl)c(Br)c1. The second-order valence-corrected chi connectivity index (χ2v) is 6.86. The zero-order valence-electron chi connectivity index (χ0n) is 9.90. The Hall–Kier alpha value is -1.31. The summed E-state index contributed by atoms with van der Waals surface area (Å²) in [4.78, 5) is 0.0116. The van der Waals surface area contributed by atoms with Gasteiger partial charge in [0.15, 0.2) is 0 Å². The molecule has 0 spiro atoms. The van der Waals surface area contributed by atoms with Crippen molar-refractivity contribution in [3.05, 3.63) is 51.7 Å². The van der Waals surface area contributed by atoms with E-state index in [1.807, 2.05) is 0 Å². The number of rotatable bonds is 3. The number of hydrogen-bond acceptors (Lipinski definition) is 3. The average Bonchev–Trinajstić information content (AvgIpc) is 2.36. The van der Waals surface area contributed by atoms with Gasteiger partial charge in [-0.1, -0.05) is 11.6 Å². The van der Waals surface area contributed by atoms with Crippen LogP contribution in [0.5, 0.6) is 0 Å². The molecule has 0 heterocycles. The van der Waals surface area contributed by atoms with Gasteiger partial charge in [-0.15, -0.1) is 0 Å². The van der Waals surface area contributed by atoms with Gasteiger partial charge in [-0.3, -0.25) is 4.72 Å². The van der Waals surface area contributed by atoms with Crippen LogP contribution in [0, 0.1) is 5.82 Å². The van der Waals surface area contributed by atoms with E-state index in [4.69, 9.17) is 17.3 Å². The molecule has 3 N–H and O–H groups in total. The van der Waals surface area contributed by atoms with Gasteiger partial charge in [-0.2, -0.15) is 0 Å². The van der Waals surface area contributed by atoms with Crippen LogP contribution in [0.2, 0.25) is 5.02 Å². The number of nitrogen functional groups attached to an aromatic ring is 1. The van der Waals surface area contributed by atoms with Crippen molar-refractivity contribution in [1.29, 1.82) is 0 Å². The number of nitrogens with two attached hydrogens (primary N) is 1. The molecule has 0 atom stereocenters. The molecule has 2 aromatic rings. The van der Waals surface area contributed by atoms with E-state index in [0.29, 0.717) is 9.50 Å². The summed E-state index contributed by atoms with van der Waals surface area (Å²) in [6.07, 6.45) is 0. The summed E-state index contributed by atoms with van der Waals surface area (Å²) in [6, 6.07) is 7.59. The van der Waals surface area contributed by atoms with E-state index < -0.39 is 15.8 Å². The monoisotopic (exact) mass is 378 g/mol. The highest BCUT2D eigenvalue weighted by molar-refractivity contribution is 9.10. The standard InChI is InChI=1S/C12H9BrClFN2O2S/c13-9-6-8(2-3-10(9)14)20(18,19)17-12-4-1-7(15)5-11(12)16/h1-6,17H,16H2. The minimum atomic E-state index is -3.83. The number of benzene rings is 2. The van der Waals surface area contributed by atoms with Crippen LogP contribution in [0.3, 0.4) is 0 Å². The zero-order valence-corrected chi connectivity index (χ0v) is 13.1. The first kappa shape index (κ1) is 15.1. The van der Waals surface area contributed by atoms with E-state index in [9.17, 15) is 12.8 Å². The Morgan fingerprint density at radius 1 is 1.20 bits per heavy atom. The first-order valence-corrected chi connectivity index (χ1v) is 7.98. The predicted molar refractivity (Wildman–Crippen MR) is 80.8 cm³/mol. The minimum Gasteiger partial charge on any atom is -0.397 e. The maximum Gasteiger partial charge on any atom is 0.262 e. The second-order valence-electron chi connectivity index (χ2n) is 3.91. The normalized spacial score (nSPS) is 11.3. The fourth-order valence-electron chi connectivity index (χ4n) is 1.47. The van der Waals surface area contributed by atoms with E-state index in [-0.39, 0.29) is 16.3 Å². The van der Waals surface area contributed by atoms with E-state index in [0.717, 1.165) is 12.1 Å². The fourth-order valence-corrected chi connectivity index (χ4v) is 3.24. The van der Waals surface area contributed by atoms with Gasteiger partial charge in [-0.05, 0) is 52.3 Å². The van der Waals surface area contributed by atoms with Crippen LogP contribution in [-0.4, -0.2) is 8.42 Å². The third-order valence-corrected chi connectivity index (χ3v) is 5.04. The first-order chi connectivity index (χ1) is 9.29. The van der Waals surface area contributed by atoms with E-state index in [2.05, 4.69) is 20.7 Å². The van der Waals surface area contributed by atoms with Gasteiger partial charge in [0.1, 0.15) is 5.82 Å². The van der Waals surface area contributed by atoms with Crippen molar-refractivity contribution in [3.8, 4) is 0 Å². The van der Waals surface area contributed by atoms with Gasteiger partial charge >= 0.3 is 0 Å². The van der Waals surface area contributed by atoms with Crippen LogP contribution in [0.4, 0.5) is 15.8 Å². The lowest BCUT2D eigenvalue weighted by molar-refractivity contribution is 0.601. The Morgan fingerprint density at radius 3 is 2.50 bits per heavy atom. The summed E-state index contributed by atoms with van der Waals surface area (Å²) in [7, 11) is -3.83. The van der Waals surface area contributed by atoms with Crippen molar-refractivity contribution >= 4 is 48.9 Å². The van der Waals surface area contributed by atoms with E-state index in [1.54, 1.807) is 0 Å². The molecule has 0 aromatic heterocycles. The van der Waals surface area contributed by atoms with Crippen LogP contribution in [0.1, 0.15) is 0 Å². The number of nitrogens with one attached hydrogen (secondary N) is 1. The highest BCUT2D eigenvalue weighted by Gasteiger charge is 2.16. The van der Waals surface area contributed by atoms with Gasteiger partial charge in [0, 0.05) is 4.47 Å². The van der Waals surface area contributed by atoms with Crippen LogP contribution in [0.25, 0.3) is 0 Å². The van der Waals surface area contributed by atoms with E-state index >= 15 is 0 Å². The maximum absolute atomic E-state index is 12.9. The number of hydrogen-bond donors (Lipinski definition) is 2. The molecule has 0 bridgehead atoms. The van der Waals surface area contributed by atoms with Gasteiger partial charge in [0.2, 0.25) is 0 Å². The lowest BCUT2D eigenvalue weighted by atomic mass is 10.3. The Labute approximate surface area is 128 Å². The van der Waals surface area contributed by atoms with Crippen molar-refractivity contribution < 1.29 is 12.8 Å². The quantitative estimate of drug-likeness (QED) is 0.800. The topological polar surface area (TPSA) is 72.2 Å². The van der Waals surface area contributed by atoms with Gasteiger partial charge in [0.25, 0.3) is 10.0 Å². The summed E-state index contributed by atoms with van der Waals surface area (Å²) in [5.74, 6) is -0.542. The maximum atomic E-state index is 12.9. The highest BCUT2D eigenvalue weighted by Crippen LogP contribution is 2.27. The fraction of sp³-hybridized carbons (Fsp3) is 0. The molecule has 2 rings (SSSR count). The van der Waals surface area contributed by atoms with Crippen LogP contribution < -0.4 is 10.5 Å².